The van der Waals surface area contributed by atoms with Crippen molar-refractivity contribution in [1.29, 1.82) is 0 Å². The summed E-state index contributed by atoms with van der Waals surface area (Å²) in [5.41, 5.74) is 1.74. The number of aromatic amines is 1. The van der Waals surface area contributed by atoms with Crippen molar-refractivity contribution in [3.8, 4) is 17.0 Å². The lowest BCUT2D eigenvalue weighted by molar-refractivity contribution is 0.0695. The van der Waals surface area contributed by atoms with E-state index in [0.717, 1.165) is 11.3 Å². The first kappa shape index (κ1) is 18.7. The number of hydrogen-bond donors (Lipinski definition) is 2. The lowest BCUT2D eigenvalue weighted by Crippen LogP contribution is -2.17. The number of carboxylic acid groups (broad SMARTS) is 1. The molecule has 8 nitrogen and oxygen atoms in total. The second-order valence-corrected chi connectivity index (χ2v) is 6.81. The minimum atomic E-state index is -1.30. The maximum atomic E-state index is 12.1. The molecule has 4 rings (SSSR count). The highest BCUT2D eigenvalue weighted by molar-refractivity contribution is 6.31. The molecule has 2 aromatic carbocycles. The molecule has 29 heavy (non-hydrogen) atoms. The van der Waals surface area contributed by atoms with E-state index < -0.39 is 11.5 Å². The van der Waals surface area contributed by atoms with E-state index in [2.05, 4.69) is 15.3 Å². The van der Waals surface area contributed by atoms with Crippen molar-refractivity contribution in [1.82, 2.24) is 20.0 Å². The number of hydrogen-bond acceptors (Lipinski definition) is 5. The SMILES string of the molecule is COc1ccc(-c2cn(Cc3cc(Cl)cc4cc(C(=O)O)c(=O)[nH]c34)nn2)cc1. The van der Waals surface area contributed by atoms with E-state index in [0.29, 0.717) is 33.7 Å². The second kappa shape index (κ2) is 7.40. The highest BCUT2D eigenvalue weighted by Crippen LogP contribution is 2.24. The van der Waals surface area contributed by atoms with Gasteiger partial charge in [0.05, 0.1) is 25.4 Å². The van der Waals surface area contributed by atoms with Gasteiger partial charge in [-0.3, -0.25) is 4.79 Å². The number of rotatable bonds is 5. The zero-order valence-electron chi connectivity index (χ0n) is 15.2. The number of methoxy groups -OCH3 is 1. The van der Waals surface area contributed by atoms with E-state index in [1.807, 2.05) is 24.3 Å². The Balaban J connectivity index is 1.71. The first-order valence-electron chi connectivity index (χ1n) is 8.58. The van der Waals surface area contributed by atoms with E-state index in [-0.39, 0.29) is 5.56 Å². The van der Waals surface area contributed by atoms with Crippen LogP contribution in [0.4, 0.5) is 0 Å². The molecule has 0 spiro atoms. The largest absolute Gasteiger partial charge is 0.497 e. The quantitative estimate of drug-likeness (QED) is 0.522. The maximum absolute atomic E-state index is 12.1. The number of pyridine rings is 1. The van der Waals surface area contributed by atoms with Crippen LogP contribution in [-0.4, -0.2) is 38.2 Å². The number of nitrogens with zero attached hydrogens (tertiary/aromatic N) is 3. The van der Waals surface area contributed by atoms with Crippen LogP contribution in [0.15, 0.2) is 53.5 Å². The van der Waals surface area contributed by atoms with E-state index in [1.54, 1.807) is 30.1 Å². The van der Waals surface area contributed by atoms with Crippen molar-refractivity contribution < 1.29 is 14.6 Å². The van der Waals surface area contributed by atoms with Crippen molar-refractivity contribution in [3.63, 3.8) is 0 Å². The molecule has 2 aromatic heterocycles. The summed E-state index contributed by atoms with van der Waals surface area (Å²) in [6.45, 7) is 0.294. The van der Waals surface area contributed by atoms with E-state index in [4.69, 9.17) is 21.4 Å². The number of fused-ring (bicyclic) bond motifs is 1. The van der Waals surface area contributed by atoms with Gasteiger partial charge in [0.25, 0.3) is 5.56 Å². The van der Waals surface area contributed by atoms with Crippen molar-refractivity contribution in [2.24, 2.45) is 0 Å². The Morgan fingerprint density at radius 2 is 2.00 bits per heavy atom. The van der Waals surface area contributed by atoms with Crippen LogP contribution in [0.5, 0.6) is 5.75 Å². The van der Waals surface area contributed by atoms with Gasteiger partial charge in [-0.2, -0.15) is 0 Å². The molecule has 0 aliphatic heterocycles. The molecule has 146 valence electrons. The molecule has 2 heterocycles. The van der Waals surface area contributed by atoms with Gasteiger partial charge in [0.15, 0.2) is 0 Å². The number of aromatic nitrogens is 4. The molecule has 0 saturated carbocycles. The average Bonchev–Trinajstić information content (AvgIpc) is 3.16. The third-order valence-electron chi connectivity index (χ3n) is 4.49. The van der Waals surface area contributed by atoms with Gasteiger partial charge in [-0.1, -0.05) is 16.8 Å². The number of aromatic carboxylic acids is 1. The van der Waals surface area contributed by atoms with Crippen LogP contribution >= 0.6 is 11.6 Å². The molecule has 0 fully saturated rings. The molecule has 0 amide bonds. The minimum Gasteiger partial charge on any atom is -0.497 e. The second-order valence-electron chi connectivity index (χ2n) is 6.38. The summed E-state index contributed by atoms with van der Waals surface area (Å²) in [6.07, 6.45) is 1.78. The smallest absolute Gasteiger partial charge is 0.341 e. The number of H-pyrrole nitrogens is 1. The molecule has 0 radical (unpaired) electrons. The molecule has 0 aliphatic rings. The number of carbonyl (C=O) groups is 1. The molecule has 0 bridgehead atoms. The van der Waals surface area contributed by atoms with Gasteiger partial charge >= 0.3 is 5.97 Å². The zero-order valence-corrected chi connectivity index (χ0v) is 16.0. The van der Waals surface area contributed by atoms with Gasteiger partial charge in [0.2, 0.25) is 0 Å². The minimum absolute atomic E-state index is 0.294. The van der Waals surface area contributed by atoms with Gasteiger partial charge in [-0.15, -0.1) is 5.10 Å². The van der Waals surface area contributed by atoms with Crippen LogP contribution in [0, 0.1) is 0 Å². The van der Waals surface area contributed by atoms with Gasteiger partial charge in [-0.05, 0) is 48.0 Å². The van der Waals surface area contributed by atoms with Crippen LogP contribution in [0.25, 0.3) is 22.2 Å². The fourth-order valence-corrected chi connectivity index (χ4v) is 3.33. The summed E-state index contributed by atoms with van der Waals surface area (Å²) in [7, 11) is 1.60. The monoisotopic (exact) mass is 410 g/mol. The molecular formula is C20H15ClN4O4. The Hall–Kier alpha value is -3.65. The van der Waals surface area contributed by atoms with Crippen LogP contribution in [0.3, 0.4) is 0 Å². The molecule has 0 atom stereocenters. The van der Waals surface area contributed by atoms with Crippen LogP contribution < -0.4 is 10.3 Å². The normalized spacial score (nSPS) is 11.0. The standard InChI is InChI=1S/C20H15ClN4O4/c1-29-15-4-2-11(3-5-15)17-10-25(24-23-17)9-13-7-14(21)6-12-8-16(20(27)28)19(26)22-18(12)13/h2-8,10H,9H2,1H3,(H,22,26)(H,27,28). The Bertz CT molecular complexity index is 1280. The van der Waals surface area contributed by atoms with Crippen molar-refractivity contribution in [2.45, 2.75) is 6.54 Å². The van der Waals surface area contributed by atoms with Gasteiger partial charge in [0, 0.05) is 16.0 Å². The predicted molar refractivity (Wildman–Crippen MR) is 108 cm³/mol. The summed E-state index contributed by atoms with van der Waals surface area (Å²) < 4.78 is 6.77. The molecule has 9 heteroatoms. The maximum Gasteiger partial charge on any atom is 0.341 e. The fraction of sp³-hybridized carbons (Fsp3) is 0.100. The van der Waals surface area contributed by atoms with Crippen molar-refractivity contribution in [2.75, 3.05) is 7.11 Å². The Morgan fingerprint density at radius 3 is 2.69 bits per heavy atom. The van der Waals surface area contributed by atoms with Crippen LogP contribution in [-0.2, 0) is 6.54 Å². The molecule has 0 unspecified atom stereocenters. The van der Waals surface area contributed by atoms with Gasteiger partial charge in [-0.25, -0.2) is 9.48 Å². The molecule has 0 saturated heterocycles. The Morgan fingerprint density at radius 1 is 1.24 bits per heavy atom. The van der Waals surface area contributed by atoms with Crippen LogP contribution in [0.1, 0.15) is 15.9 Å². The number of carboxylic acids is 1. The van der Waals surface area contributed by atoms with Crippen LogP contribution in [0.2, 0.25) is 5.02 Å². The summed E-state index contributed by atoms with van der Waals surface area (Å²) >= 11 is 6.19. The molecule has 4 aromatic rings. The van der Waals surface area contributed by atoms with Gasteiger partial charge in [0.1, 0.15) is 17.0 Å². The highest BCUT2D eigenvalue weighted by atomic mass is 35.5. The molecule has 2 N–H and O–H groups in total. The van der Waals surface area contributed by atoms with Gasteiger partial charge < -0.3 is 14.8 Å². The first-order chi connectivity index (χ1) is 13.9. The van der Waals surface area contributed by atoms with E-state index in [9.17, 15) is 9.59 Å². The number of halogens is 1. The fourth-order valence-electron chi connectivity index (χ4n) is 3.08. The third kappa shape index (κ3) is 3.70. The van der Waals surface area contributed by atoms with Crippen molar-refractivity contribution in [3.05, 3.63) is 75.2 Å². The molecular weight excluding hydrogens is 396 g/mol. The Kier molecular flexibility index (Phi) is 4.77. The average molecular weight is 411 g/mol. The third-order valence-corrected chi connectivity index (χ3v) is 4.70. The highest BCUT2D eigenvalue weighted by Gasteiger charge is 2.14. The summed E-state index contributed by atoms with van der Waals surface area (Å²) in [5.74, 6) is -0.550. The summed E-state index contributed by atoms with van der Waals surface area (Å²) in [6, 6.07) is 12.1. The summed E-state index contributed by atoms with van der Waals surface area (Å²) in [4.78, 5) is 25.9. The number of nitrogens with one attached hydrogen (secondary N) is 1. The van der Waals surface area contributed by atoms with E-state index >= 15 is 0 Å². The first-order valence-corrected chi connectivity index (χ1v) is 8.95. The lowest BCUT2D eigenvalue weighted by Gasteiger charge is -2.08. The number of ether oxygens (including phenoxy) is 1. The topological polar surface area (TPSA) is 110 Å². The molecule has 0 aliphatic carbocycles. The predicted octanol–water partition coefficient (Wildman–Crippen LogP) is 3.20. The lowest BCUT2D eigenvalue weighted by atomic mass is 10.1. The Labute approximate surface area is 169 Å². The summed E-state index contributed by atoms with van der Waals surface area (Å²) in [5, 5.41) is 18.4. The zero-order chi connectivity index (χ0) is 20.5. The number of benzene rings is 2. The van der Waals surface area contributed by atoms with E-state index in [1.165, 1.54) is 6.07 Å². The van der Waals surface area contributed by atoms with Crippen molar-refractivity contribution >= 4 is 28.5 Å².